The molecule has 0 saturated carbocycles. The molecule has 0 saturated heterocycles. The second-order valence-corrected chi connectivity index (χ2v) is 6.83. The van der Waals surface area contributed by atoms with Crippen molar-refractivity contribution < 1.29 is 4.79 Å². The van der Waals surface area contributed by atoms with E-state index in [0.29, 0.717) is 9.47 Å². The van der Waals surface area contributed by atoms with Crippen LogP contribution in [0.5, 0.6) is 0 Å². The van der Waals surface area contributed by atoms with E-state index < -0.39 is 0 Å². The van der Waals surface area contributed by atoms with Gasteiger partial charge in [0, 0.05) is 13.1 Å². The highest BCUT2D eigenvalue weighted by molar-refractivity contribution is 7.17. The maximum absolute atomic E-state index is 12.5. The molecular weight excluding hydrogens is 306 g/mol. The molecule has 1 amide bonds. The van der Waals surface area contributed by atoms with Crippen molar-refractivity contribution in [3.63, 3.8) is 0 Å². The fourth-order valence-electron chi connectivity index (χ4n) is 2.20. The van der Waals surface area contributed by atoms with Gasteiger partial charge in [-0.3, -0.25) is 4.79 Å². The van der Waals surface area contributed by atoms with Crippen molar-refractivity contribution in [3.8, 4) is 0 Å². The zero-order valence-electron chi connectivity index (χ0n) is 13.1. The monoisotopic (exact) mass is 331 g/mol. The zero-order chi connectivity index (χ0) is 15.5. The predicted molar refractivity (Wildman–Crippen MR) is 89.1 cm³/mol. The van der Waals surface area contributed by atoms with Gasteiger partial charge in [0.1, 0.15) is 0 Å². The van der Waals surface area contributed by atoms with E-state index in [9.17, 15) is 4.79 Å². The number of amides is 1. The summed E-state index contributed by atoms with van der Waals surface area (Å²) in [4.78, 5) is 14.4. The van der Waals surface area contributed by atoms with Gasteiger partial charge in [-0.15, -0.1) is 10.2 Å². The third-order valence-electron chi connectivity index (χ3n) is 3.43. The third kappa shape index (κ3) is 7.23. The van der Waals surface area contributed by atoms with Crippen LogP contribution in [-0.2, 0) is 0 Å². The first-order chi connectivity index (χ1) is 10.2. The van der Waals surface area contributed by atoms with Gasteiger partial charge in [0.05, 0.1) is 0 Å². The zero-order valence-corrected chi connectivity index (χ0v) is 14.7. The Morgan fingerprint density at radius 2 is 1.57 bits per heavy atom. The van der Waals surface area contributed by atoms with Gasteiger partial charge in [-0.05, 0) is 24.4 Å². The normalized spacial score (nSPS) is 10.8. The van der Waals surface area contributed by atoms with E-state index in [2.05, 4.69) is 24.0 Å². The van der Waals surface area contributed by atoms with E-state index in [0.717, 1.165) is 37.3 Å². The Kier molecular flexibility index (Phi) is 9.59. The lowest BCUT2D eigenvalue weighted by Crippen LogP contribution is -2.33. The van der Waals surface area contributed by atoms with E-state index in [1.54, 1.807) is 0 Å². The van der Waals surface area contributed by atoms with Crippen molar-refractivity contribution in [1.29, 1.82) is 0 Å². The van der Waals surface area contributed by atoms with Gasteiger partial charge >= 0.3 is 0 Å². The van der Waals surface area contributed by atoms with Crippen molar-refractivity contribution >= 4 is 28.8 Å². The van der Waals surface area contributed by atoms with Crippen LogP contribution < -0.4 is 0 Å². The summed E-state index contributed by atoms with van der Waals surface area (Å²) in [6, 6.07) is 0. The lowest BCUT2D eigenvalue weighted by molar-refractivity contribution is 0.0748. The summed E-state index contributed by atoms with van der Waals surface area (Å²) >= 11 is 6.94. The molecule has 0 unspecified atom stereocenters. The number of carbonyl (C=O) groups is 1. The molecule has 0 atom stereocenters. The highest BCUT2D eigenvalue weighted by Crippen LogP contribution is 2.17. The molecule has 0 bridgehead atoms. The number of halogens is 1. The van der Waals surface area contributed by atoms with Gasteiger partial charge in [0.2, 0.25) is 9.47 Å². The topological polar surface area (TPSA) is 46.1 Å². The second-order valence-electron chi connectivity index (χ2n) is 5.27. The summed E-state index contributed by atoms with van der Waals surface area (Å²) in [7, 11) is 0. The van der Waals surface area contributed by atoms with Crippen molar-refractivity contribution in [2.45, 2.75) is 65.2 Å². The quantitative estimate of drug-likeness (QED) is 0.547. The largest absolute Gasteiger partial charge is 0.337 e. The van der Waals surface area contributed by atoms with Gasteiger partial charge in [-0.1, -0.05) is 63.7 Å². The summed E-state index contributed by atoms with van der Waals surface area (Å²) in [6.07, 6.45) is 9.32. The molecular formula is C15H26ClN3OS. The van der Waals surface area contributed by atoms with E-state index >= 15 is 0 Å². The number of nitrogens with zero attached hydrogens (tertiary/aromatic N) is 3. The minimum absolute atomic E-state index is 0.0209. The minimum atomic E-state index is -0.0209. The Bertz CT molecular complexity index is 399. The number of carbonyl (C=O) groups excluding carboxylic acids is 1. The SMILES string of the molecule is CCCCCCN(CCCCCC)C(=O)c1nnc(Cl)s1. The average molecular weight is 332 g/mol. The van der Waals surface area contributed by atoms with Crippen LogP contribution >= 0.6 is 22.9 Å². The number of hydrogen-bond acceptors (Lipinski definition) is 4. The molecule has 120 valence electrons. The third-order valence-corrected chi connectivity index (χ3v) is 4.44. The van der Waals surface area contributed by atoms with Crippen molar-refractivity contribution in [2.75, 3.05) is 13.1 Å². The second kappa shape index (κ2) is 11.0. The maximum Gasteiger partial charge on any atom is 0.284 e. The Morgan fingerprint density at radius 3 is 2.00 bits per heavy atom. The molecule has 6 heteroatoms. The summed E-state index contributed by atoms with van der Waals surface area (Å²) in [5.74, 6) is -0.0209. The number of hydrogen-bond donors (Lipinski definition) is 0. The number of unbranched alkanes of at least 4 members (excludes halogenated alkanes) is 6. The molecule has 0 fully saturated rings. The highest BCUT2D eigenvalue weighted by Gasteiger charge is 2.19. The Hall–Kier alpha value is -0.680. The first kappa shape index (κ1) is 18.4. The molecule has 1 rings (SSSR count). The van der Waals surface area contributed by atoms with Gasteiger partial charge in [0.15, 0.2) is 0 Å². The standard InChI is InChI=1S/C15H26ClN3OS/c1-3-5-7-9-11-19(12-10-8-6-4-2)14(20)13-17-18-15(16)21-13/h3-12H2,1-2H3. The van der Waals surface area contributed by atoms with Gasteiger partial charge in [-0.25, -0.2) is 0 Å². The highest BCUT2D eigenvalue weighted by atomic mass is 35.5. The molecule has 1 aromatic rings. The maximum atomic E-state index is 12.5. The van der Waals surface area contributed by atoms with Gasteiger partial charge < -0.3 is 4.90 Å². The van der Waals surface area contributed by atoms with Gasteiger partial charge in [0.25, 0.3) is 5.91 Å². The molecule has 0 radical (unpaired) electrons. The van der Waals surface area contributed by atoms with Crippen LogP contribution in [0.4, 0.5) is 0 Å². The smallest absolute Gasteiger partial charge is 0.284 e. The molecule has 0 aliphatic rings. The number of aromatic nitrogens is 2. The first-order valence-corrected chi connectivity index (χ1v) is 9.16. The Balaban J connectivity index is 2.50. The van der Waals surface area contributed by atoms with E-state index in [1.807, 2.05) is 4.90 Å². The Labute approximate surface area is 136 Å². The summed E-state index contributed by atoms with van der Waals surface area (Å²) < 4.78 is 0.329. The molecule has 0 aliphatic carbocycles. The van der Waals surface area contributed by atoms with Gasteiger partial charge in [-0.2, -0.15) is 0 Å². The lowest BCUT2D eigenvalue weighted by Gasteiger charge is -2.21. The molecule has 4 nitrogen and oxygen atoms in total. The predicted octanol–water partition coefficient (Wildman–Crippen LogP) is 4.79. The first-order valence-electron chi connectivity index (χ1n) is 7.97. The van der Waals surface area contributed by atoms with Crippen LogP contribution in [0.3, 0.4) is 0 Å². The molecule has 0 spiro atoms. The lowest BCUT2D eigenvalue weighted by atomic mass is 10.1. The molecule has 0 aromatic carbocycles. The van der Waals surface area contributed by atoms with Crippen LogP contribution in [0.2, 0.25) is 4.47 Å². The number of rotatable bonds is 11. The molecule has 0 aliphatic heterocycles. The fraction of sp³-hybridized carbons (Fsp3) is 0.800. The van der Waals surface area contributed by atoms with Crippen molar-refractivity contribution in [2.24, 2.45) is 0 Å². The molecule has 21 heavy (non-hydrogen) atoms. The van der Waals surface area contributed by atoms with Crippen molar-refractivity contribution in [1.82, 2.24) is 15.1 Å². The fourth-order valence-corrected chi connectivity index (χ4v) is 3.00. The van der Waals surface area contributed by atoms with Crippen LogP contribution in [0.25, 0.3) is 0 Å². The molecule has 0 N–H and O–H groups in total. The molecule has 1 aromatic heterocycles. The molecule has 1 heterocycles. The van der Waals surface area contributed by atoms with E-state index in [1.165, 1.54) is 38.5 Å². The van der Waals surface area contributed by atoms with E-state index in [4.69, 9.17) is 11.6 Å². The van der Waals surface area contributed by atoms with Crippen LogP contribution in [0.15, 0.2) is 0 Å². The van der Waals surface area contributed by atoms with Crippen LogP contribution in [-0.4, -0.2) is 34.1 Å². The minimum Gasteiger partial charge on any atom is -0.337 e. The average Bonchev–Trinajstić information content (AvgIpc) is 2.91. The van der Waals surface area contributed by atoms with Crippen LogP contribution in [0, 0.1) is 0 Å². The van der Waals surface area contributed by atoms with E-state index in [-0.39, 0.29) is 5.91 Å². The summed E-state index contributed by atoms with van der Waals surface area (Å²) in [6.45, 7) is 6.00. The van der Waals surface area contributed by atoms with Crippen molar-refractivity contribution in [3.05, 3.63) is 9.47 Å². The summed E-state index contributed by atoms with van der Waals surface area (Å²) in [5, 5.41) is 8.01. The Morgan fingerprint density at radius 1 is 1.00 bits per heavy atom. The summed E-state index contributed by atoms with van der Waals surface area (Å²) in [5.41, 5.74) is 0. The van der Waals surface area contributed by atoms with Crippen LogP contribution in [0.1, 0.15) is 75.0 Å².